The number of carbonyl (C=O) groups is 2. The lowest BCUT2D eigenvalue weighted by molar-refractivity contribution is -0.140. The Morgan fingerprint density at radius 2 is 1.83 bits per heavy atom. The maximum absolute atomic E-state index is 13.0. The molecule has 2 fully saturated rings. The van der Waals surface area contributed by atoms with Crippen molar-refractivity contribution >= 4 is 33.4 Å². The van der Waals surface area contributed by atoms with Crippen molar-refractivity contribution in [3.8, 4) is 0 Å². The van der Waals surface area contributed by atoms with Gasteiger partial charge in [0.2, 0.25) is 0 Å². The first-order chi connectivity index (χ1) is 14.0. The predicted octanol–water partition coefficient (Wildman–Crippen LogP) is 4.36. The molecule has 2 saturated heterocycles. The number of rotatable bonds is 4. The standard InChI is InChI=1S/C23H22BrNO4/c1-14-4-6-15(7-5-14)20-19(21(26)16-8-10-17(24)11-9-16)22(27)23(28)25(20)13-18-3-2-12-29-18/h4-11,18,20,26H,2-3,12-13H2,1H3/b21-19-. The number of likely N-dealkylation sites (tertiary alicyclic amines) is 1. The number of nitrogens with zero attached hydrogens (tertiary/aromatic N) is 1. The molecule has 2 aliphatic rings. The van der Waals surface area contributed by atoms with Crippen molar-refractivity contribution in [2.24, 2.45) is 0 Å². The Labute approximate surface area is 178 Å². The van der Waals surface area contributed by atoms with E-state index in [-0.39, 0.29) is 17.4 Å². The molecule has 0 saturated carbocycles. The van der Waals surface area contributed by atoms with Crippen LogP contribution < -0.4 is 0 Å². The molecule has 2 aliphatic heterocycles. The highest BCUT2D eigenvalue weighted by Crippen LogP contribution is 2.40. The van der Waals surface area contributed by atoms with Crippen LogP contribution in [-0.2, 0) is 14.3 Å². The SMILES string of the molecule is Cc1ccc(C2/C(=C(/O)c3ccc(Br)cc3)C(=O)C(=O)N2CC2CCCO2)cc1. The summed E-state index contributed by atoms with van der Waals surface area (Å²) >= 11 is 3.37. The van der Waals surface area contributed by atoms with Gasteiger partial charge in [0, 0.05) is 23.2 Å². The van der Waals surface area contributed by atoms with E-state index in [9.17, 15) is 14.7 Å². The lowest BCUT2D eigenvalue weighted by Crippen LogP contribution is -2.36. The maximum Gasteiger partial charge on any atom is 0.295 e. The zero-order chi connectivity index (χ0) is 20.5. The third-order valence-electron chi connectivity index (χ3n) is 5.48. The number of Topliss-reactive ketones (excluding diaryl/α,β-unsaturated/α-hetero) is 1. The number of amides is 1. The molecule has 2 unspecified atom stereocenters. The maximum atomic E-state index is 13.0. The van der Waals surface area contributed by atoms with Crippen LogP contribution >= 0.6 is 15.9 Å². The molecule has 29 heavy (non-hydrogen) atoms. The molecule has 0 bridgehead atoms. The van der Waals surface area contributed by atoms with Gasteiger partial charge in [0.05, 0.1) is 17.7 Å². The topological polar surface area (TPSA) is 66.8 Å². The van der Waals surface area contributed by atoms with Crippen molar-refractivity contribution in [1.29, 1.82) is 0 Å². The lowest BCUT2D eigenvalue weighted by Gasteiger charge is -2.27. The molecule has 0 spiro atoms. The van der Waals surface area contributed by atoms with Gasteiger partial charge in [-0.2, -0.15) is 0 Å². The van der Waals surface area contributed by atoms with Crippen LogP contribution in [0.15, 0.2) is 58.6 Å². The molecule has 1 amide bonds. The van der Waals surface area contributed by atoms with Crippen LogP contribution in [0.3, 0.4) is 0 Å². The molecular weight excluding hydrogens is 434 g/mol. The van der Waals surface area contributed by atoms with Crippen molar-refractivity contribution in [3.63, 3.8) is 0 Å². The van der Waals surface area contributed by atoms with Gasteiger partial charge < -0.3 is 14.7 Å². The third-order valence-corrected chi connectivity index (χ3v) is 6.00. The van der Waals surface area contributed by atoms with Gasteiger partial charge in [0.1, 0.15) is 5.76 Å². The highest BCUT2D eigenvalue weighted by Gasteiger charge is 2.46. The second-order valence-electron chi connectivity index (χ2n) is 7.50. The minimum Gasteiger partial charge on any atom is -0.507 e. The first-order valence-electron chi connectivity index (χ1n) is 9.68. The molecule has 2 heterocycles. The molecule has 2 aromatic carbocycles. The second kappa shape index (κ2) is 8.13. The smallest absolute Gasteiger partial charge is 0.295 e. The Bertz CT molecular complexity index is 959. The van der Waals surface area contributed by atoms with E-state index in [4.69, 9.17) is 4.74 Å². The van der Waals surface area contributed by atoms with Crippen LogP contribution in [0.2, 0.25) is 0 Å². The van der Waals surface area contributed by atoms with Crippen molar-refractivity contribution in [2.75, 3.05) is 13.2 Å². The number of halogens is 1. The summed E-state index contributed by atoms with van der Waals surface area (Å²) in [4.78, 5) is 27.4. The molecule has 150 valence electrons. The Balaban J connectivity index is 1.81. The Hall–Kier alpha value is -2.44. The highest BCUT2D eigenvalue weighted by molar-refractivity contribution is 9.10. The largest absolute Gasteiger partial charge is 0.507 e. The summed E-state index contributed by atoms with van der Waals surface area (Å²) < 4.78 is 6.57. The van der Waals surface area contributed by atoms with Crippen LogP contribution in [0.25, 0.3) is 5.76 Å². The van der Waals surface area contributed by atoms with Gasteiger partial charge in [-0.3, -0.25) is 9.59 Å². The van der Waals surface area contributed by atoms with Crippen molar-refractivity contribution in [1.82, 2.24) is 4.90 Å². The van der Waals surface area contributed by atoms with Gasteiger partial charge >= 0.3 is 0 Å². The molecule has 0 aliphatic carbocycles. The number of ketones is 1. The predicted molar refractivity (Wildman–Crippen MR) is 113 cm³/mol. The van der Waals surface area contributed by atoms with E-state index >= 15 is 0 Å². The lowest BCUT2D eigenvalue weighted by atomic mass is 9.94. The quantitative estimate of drug-likeness (QED) is 0.422. The number of aryl methyl sites for hydroxylation is 1. The monoisotopic (exact) mass is 455 g/mol. The van der Waals surface area contributed by atoms with E-state index < -0.39 is 17.7 Å². The van der Waals surface area contributed by atoms with E-state index in [2.05, 4.69) is 15.9 Å². The van der Waals surface area contributed by atoms with Crippen molar-refractivity contribution in [3.05, 3.63) is 75.3 Å². The van der Waals surface area contributed by atoms with Gasteiger partial charge in [0.25, 0.3) is 11.7 Å². The molecule has 6 heteroatoms. The summed E-state index contributed by atoms with van der Waals surface area (Å²) in [7, 11) is 0. The highest BCUT2D eigenvalue weighted by atomic mass is 79.9. The number of hydrogen-bond acceptors (Lipinski definition) is 4. The van der Waals surface area contributed by atoms with Crippen molar-refractivity contribution in [2.45, 2.75) is 31.9 Å². The zero-order valence-corrected chi connectivity index (χ0v) is 17.7. The summed E-state index contributed by atoms with van der Waals surface area (Å²) in [5.74, 6) is -1.41. The van der Waals surface area contributed by atoms with E-state index in [1.54, 1.807) is 29.2 Å². The number of aliphatic hydroxyl groups is 1. The average Bonchev–Trinajstić information content (AvgIpc) is 3.31. The molecule has 0 aromatic heterocycles. The Kier molecular flexibility index (Phi) is 5.56. The fraction of sp³-hybridized carbons (Fsp3) is 0.304. The molecule has 5 nitrogen and oxygen atoms in total. The van der Waals surface area contributed by atoms with Gasteiger partial charge in [-0.05, 0) is 37.5 Å². The first-order valence-corrected chi connectivity index (χ1v) is 10.5. The van der Waals surface area contributed by atoms with E-state index in [0.717, 1.165) is 28.4 Å². The zero-order valence-electron chi connectivity index (χ0n) is 16.1. The number of carbonyl (C=O) groups excluding carboxylic acids is 2. The average molecular weight is 456 g/mol. The molecule has 1 N–H and O–H groups in total. The van der Waals surface area contributed by atoms with Crippen LogP contribution in [0.4, 0.5) is 0 Å². The van der Waals surface area contributed by atoms with Gasteiger partial charge in [-0.15, -0.1) is 0 Å². The number of aliphatic hydroxyl groups excluding tert-OH is 1. The van der Waals surface area contributed by atoms with Crippen LogP contribution in [-0.4, -0.2) is 41.0 Å². The summed E-state index contributed by atoms with van der Waals surface area (Å²) in [6.07, 6.45) is 1.72. The van der Waals surface area contributed by atoms with Crippen LogP contribution in [0.1, 0.15) is 35.6 Å². The second-order valence-corrected chi connectivity index (χ2v) is 8.42. The van der Waals surface area contributed by atoms with Crippen molar-refractivity contribution < 1.29 is 19.4 Å². The normalized spacial score (nSPS) is 23.7. The number of ether oxygens (including phenoxy) is 1. The van der Waals surface area contributed by atoms with E-state index in [1.165, 1.54) is 0 Å². The van der Waals surface area contributed by atoms with Crippen LogP contribution in [0, 0.1) is 6.92 Å². The Morgan fingerprint density at radius 3 is 2.45 bits per heavy atom. The summed E-state index contributed by atoms with van der Waals surface area (Å²) in [5, 5.41) is 11.0. The van der Waals surface area contributed by atoms with E-state index in [0.29, 0.717) is 18.7 Å². The van der Waals surface area contributed by atoms with Gasteiger partial charge in [-0.25, -0.2) is 0 Å². The first kappa shape index (κ1) is 19.9. The van der Waals surface area contributed by atoms with E-state index in [1.807, 2.05) is 31.2 Å². The molecular formula is C23H22BrNO4. The number of benzene rings is 2. The molecule has 0 radical (unpaired) electrons. The third kappa shape index (κ3) is 3.87. The fourth-order valence-corrected chi connectivity index (χ4v) is 4.20. The minimum atomic E-state index is -0.658. The van der Waals surface area contributed by atoms with Gasteiger partial charge in [-0.1, -0.05) is 57.9 Å². The molecule has 2 atom stereocenters. The summed E-state index contributed by atoms with van der Waals surface area (Å²) in [6.45, 7) is 2.98. The minimum absolute atomic E-state index is 0.0890. The molecule has 2 aromatic rings. The summed E-state index contributed by atoms with van der Waals surface area (Å²) in [6, 6.07) is 14.1. The van der Waals surface area contributed by atoms with Gasteiger partial charge in [0.15, 0.2) is 0 Å². The molecule has 4 rings (SSSR count). The Morgan fingerprint density at radius 1 is 1.14 bits per heavy atom. The summed E-state index contributed by atoms with van der Waals surface area (Å²) in [5.41, 5.74) is 2.50. The van der Waals surface area contributed by atoms with Crippen LogP contribution in [0.5, 0.6) is 0 Å². The number of hydrogen-bond donors (Lipinski definition) is 1. The fourth-order valence-electron chi connectivity index (χ4n) is 3.93.